The lowest BCUT2D eigenvalue weighted by molar-refractivity contribution is 0.0974. The summed E-state index contributed by atoms with van der Waals surface area (Å²) in [5, 5.41) is 191. The number of rotatable bonds is 0. The van der Waals surface area contributed by atoms with Crippen molar-refractivity contribution in [2.45, 2.75) is 0 Å². The van der Waals surface area contributed by atoms with E-state index in [2.05, 4.69) is 0 Å². The van der Waals surface area contributed by atoms with Crippen LogP contribution in [0.2, 0.25) is 0 Å². The number of phenols is 19. The van der Waals surface area contributed by atoms with Gasteiger partial charge in [-0.25, -0.2) is 0 Å². The fraction of sp³-hybridized carbons (Fsp3) is 0. The van der Waals surface area contributed by atoms with Crippen molar-refractivity contribution in [3.05, 3.63) is 338 Å². The van der Waals surface area contributed by atoms with E-state index < -0.39 is 52.0 Å². The van der Waals surface area contributed by atoms with Crippen molar-refractivity contribution in [3.8, 4) is 109 Å². The Hall–Kier alpha value is -18.5. The van der Waals surface area contributed by atoms with Crippen LogP contribution in [0, 0.1) is 0 Å². The van der Waals surface area contributed by atoms with E-state index in [1.54, 1.807) is 91.0 Å². The van der Waals surface area contributed by atoms with Crippen LogP contribution >= 0.6 is 0 Å². The van der Waals surface area contributed by atoms with Crippen molar-refractivity contribution in [1.82, 2.24) is 0 Å². The van der Waals surface area contributed by atoms with Gasteiger partial charge < -0.3 is 108 Å². The average molecular weight is 1700 g/mol. The lowest BCUT2D eigenvalue weighted by Crippen LogP contribution is -2.24. The Balaban J connectivity index is 0.000000114. The van der Waals surface area contributed by atoms with Crippen molar-refractivity contribution in [1.29, 1.82) is 0 Å². The Morgan fingerprint density at radius 1 is 0.157 bits per heavy atom. The molecule has 628 valence electrons. The smallest absolute Gasteiger partial charge is 0.200 e. The number of fused-ring (bicyclic) bond motifs is 14. The van der Waals surface area contributed by atoms with Crippen LogP contribution in [0.25, 0.3) is 64.6 Å². The molecular weight excluding hydrogens is 1640 g/mol. The van der Waals surface area contributed by atoms with Crippen molar-refractivity contribution < 1.29 is 135 Å². The number of anilines is 2. The quantitative estimate of drug-likeness (QED) is 0.0290. The molecule has 0 bridgehead atoms. The van der Waals surface area contributed by atoms with E-state index in [0.717, 1.165) is 5.39 Å². The summed E-state index contributed by atoms with van der Waals surface area (Å²) in [6.07, 6.45) is 0. The Morgan fingerprint density at radius 2 is 0.441 bits per heavy atom. The molecule has 0 spiro atoms. The molecule has 0 unspecified atom stereocenters. The van der Waals surface area contributed by atoms with Crippen LogP contribution in [0.4, 0.5) is 11.4 Å². The standard InChI is InChI=1S/C14H10N2O4.C14H10O4.C14H8O4.C14H10O4.2C14H8O4.C14H10O3/c15-5-1-3-7(17)11-9(5)13(19)12-8(18)4-2-6(16)10(12)14(11)20;15-11-3-1-7-5-10-8(6-9(7)13(11)17)2-4-12(16)14(10)18;15-9-5-1-3-7-11(9)14(18)8-4-2-6-10(16)12(8)13(7)17;2*15-9-5-6-10(16)12-11(9)13(17)7-3-1-2-4-8(7)14(12)18;15-10-6-5-9-11(14(10)18)13(17)8-4-2-1-3-7(8)12(9)16;15-11-6-5-9-7-8-3-1-2-4-10(8)13(16)12(9)14(11)17/h1-4,17-18H,15-16H2;1-6,15-18H;1-6,15-16H;1-6,15-18H;1-6,15-16H;1-6,15,18H;1-7,15-17H. The summed E-state index contributed by atoms with van der Waals surface area (Å²) in [6, 6.07) is 62.3. The topological polar surface area (TPSA) is 573 Å². The van der Waals surface area contributed by atoms with Crippen molar-refractivity contribution in [2.24, 2.45) is 0 Å². The zero-order valence-corrected chi connectivity index (χ0v) is 65.1. The van der Waals surface area contributed by atoms with E-state index in [1.165, 1.54) is 133 Å². The maximum atomic E-state index is 12.4. The lowest BCUT2D eigenvalue weighted by Gasteiger charge is -2.21. The van der Waals surface area contributed by atoms with Gasteiger partial charge in [0.2, 0.25) is 11.6 Å². The van der Waals surface area contributed by atoms with Gasteiger partial charge in [0.25, 0.3) is 0 Å². The second-order valence-electron chi connectivity index (χ2n) is 28.9. The predicted molar refractivity (Wildman–Crippen MR) is 464 cm³/mol. The molecule has 0 fully saturated rings. The number of nitrogens with two attached hydrogens (primary N) is 2. The van der Waals surface area contributed by atoms with Gasteiger partial charge in [0.05, 0.1) is 66.2 Å². The minimum absolute atomic E-state index is 0.000556. The molecule has 0 saturated heterocycles. The van der Waals surface area contributed by atoms with Crippen molar-refractivity contribution >= 4 is 122 Å². The van der Waals surface area contributed by atoms with Gasteiger partial charge in [-0.15, -0.1) is 0 Å². The van der Waals surface area contributed by atoms with Gasteiger partial charge in [0.1, 0.15) is 63.2 Å². The molecule has 23 N–H and O–H groups in total. The minimum Gasteiger partial charge on any atom is -0.507 e. The number of carbonyl (C=O) groups excluding carboxylic acids is 8. The number of hydrogen-bond donors (Lipinski definition) is 21. The van der Waals surface area contributed by atoms with Crippen LogP contribution in [-0.2, 0) is 0 Å². The van der Waals surface area contributed by atoms with Crippen LogP contribution in [0.5, 0.6) is 109 Å². The van der Waals surface area contributed by atoms with Crippen molar-refractivity contribution in [3.63, 3.8) is 0 Å². The summed E-state index contributed by atoms with van der Waals surface area (Å²) in [6.45, 7) is 0. The van der Waals surface area contributed by atoms with E-state index in [9.17, 15) is 135 Å². The van der Waals surface area contributed by atoms with Gasteiger partial charge in [-0.3, -0.25) is 38.4 Å². The highest BCUT2D eigenvalue weighted by Gasteiger charge is 2.39. The zero-order chi connectivity index (χ0) is 90.9. The van der Waals surface area contributed by atoms with E-state index in [0.29, 0.717) is 48.7 Å². The van der Waals surface area contributed by atoms with Gasteiger partial charge in [0.15, 0.2) is 80.7 Å². The molecule has 17 aromatic rings. The first-order valence-corrected chi connectivity index (χ1v) is 37.8. The van der Waals surface area contributed by atoms with Crippen LogP contribution in [0.15, 0.2) is 249 Å². The van der Waals surface area contributed by atoms with Crippen LogP contribution in [0.3, 0.4) is 0 Å². The lowest BCUT2D eigenvalue weighted by atomic mass is 9.81. The van der Waals surface area contributed by atoms with Crippen LogP contribution in [-0.4, -0.2) is 143 Å². The molecule has 0 aliphatic heterocycles. The second kappa shape index (κ2) is 32.5. The van der Waals surface area contributed by atoms with Crippen molar-refractivity contribution in [2.75, 3.05) is 11.5 Å². The van der Waals surface area contributed by atoms with Gasteiger partial charge in [0, 0.05) is 77.3 Å². The molecule has 4 aliphatic carbocycles. The molecule has 21 rings (SSSR count). The highest BCUT2D eigenvalue weighted by molar-refractivity contribution is 6.35. The molecule has 0 heterocycles. The van der Waals surface area contributed by atoms with Gasteiger partial charge in [-0.2, -0.15) is 0 Å². The van der Waals surface area contributed by atoms with E-state index in [-0.39, 0.29) is 215 Å². The molecule has 0 aromatic heterocycles. The number of ketones is 8. The maximum Gasteiger partial charge on any atom is 0.200 e. The molecule has 4 aliphatic rings. The molecule has 29 heteroatoms. The normalized spacial score (nSPS) is 12.3. The fourth-order valence-electron chi connectivity index (χ4n) is 15.4. The molecule has 17 aromatic carbocycles. The molecule has 29 nitrogen and oxygen atoms in total. The summed E-state index contributed by atoms with van der Waals surface area (Å²) < 4.78 is 0. The summed E-state index contributed by atoms with van der Waals surface area (Å²) in [5.74, 6) is -8.52. The number of benzene rings is 17. The van der Waals surface area contributed by atoms with Crippen LogP contribution in [0.1, 0.15) is 127 Å². The third-order valence-electron chi connectivity index (χ3n) is 21.5. The molecule has 0 radical (unpaired) electrons. The number of hydrogen-bond acceptors (Lipinski definition) is 29. The minimum atomic E-state index is -0.632. The molecule has 0 atom stereocenters. The SMILES string of the molecule is Nc1ccc(O)c2c1C(=O)c1c(O)ccc(N)c1C2=O.O=C1c2cccc(O)c2C(=O)c2cccc(O)c21.O=C1c2ccccc2C(=O)c2c(O)ccc(O)c21.O=C1c2ccccc2C(=O)c2c1ccc(O)c2O.Oc1ccc(O)c2c(O)c3ccccc3c(O)c12.Oc1ccc2cc3c(O)c(O)ccc3cc2c1O.Oc1ccc2cc3ccccc3c(O)c2c1O. The maximum absolute atomic E-state index is 12.4. The number of nitrogen functional groups attached to an aromatic ring is 2. The van der Waals surface area contributed by atoms with Gasteiger partial charge in [-0.1, -0.05) is 140 Å². The first-order chi connectivity index (χ1) is 60.6. The summed E-state index contributed by atoms with van der Waals surface area (Å²) >= 11 is 0. The molecule has 0 amide bonds. The molecule has 0 saturated carbocycles. The van der Waals surface area contributed by atoms with E-state index >= 15 is 0 Å². The average Bonchev–Trinajstić information content (AvgIpc) is 0.746. The van der Waals surface area contributed by atoms with Crippen LogP contribution < -0.4 is 11.5 Å². The Morgan fingerprint density at radius 3 is 0.874 bits per heavy atom. The molecular formula is C98H64N2O27. The van der Waals surface area contributed by atoms with Gasteiger partial charge >= 0.3 is 0 Å². The Kier molecular flexibility index (Phi) is 21.4. The largest absolute Gasteiger partial charge is 0.507 e. The third kappa shape index (κ3) is 14.3. The number of aromatic hydroxyl groups is 19. The fourth-order valence-corrected chi connectivity index (χ4v) is 15.4. The summed E-state index contributed by atoms with van der Waals surface area (Å²) in [5.41, 5.74) is 12.0. The molecule has 127 heavy (non-hydrogen) atoms. The first kappa shape index (κ1) is 83.5. The van der Waals surface area contributed by atoms with E-state index in [4.69, 9.17) is 11.5 Å². The third-order valence-corrected chi connectivity index (χ3v) is 21.5. The Bertz CT molecular complexity index is 7310. The predicted octanol–water partition coefficient (Wildman–Crippen LogP) is 15.4. The van der Waals surface area contributed by atoms with Gasteiger partial charge in [-0.05, 0) is 131 Å². The highest BCUT2D eigenvalue weighted by atomic mass is 16.3. The zero-order valence-electron chi connectivity index (χ0n) is 65.1. The summed E-state index contributed by atoms with van der Waals surface area (Å²) in [4.78, 5) is 98.1. The first-order valence-electron chi connectivity index (χ1n) is 37.8. The monoisotopic (exact) mass is 1700 g/mol. The Labute approximate surface area is 712 Å². The second-order valence-corrected chi connectivity index (χ2v) is 28.9. The summed E-state index contributed by atoms with van der Waals surface area (Å²) in [7, 11) is 0. The van der Waals surface area contributed by atoms with E-state index in [1.807, 2.05) is 24.3 Å². The highest BCUT2D eigenvalue weighted by Crippen LogP contribution is 2.51. The number of phenolic OH excluding ortho intramolecular Hbond substituents is 19. The number of carbonyl (C=O) groups is 8.